The molecule has 4 nitrogen and oxygen atoms in total. The van der Waals surface area contributed by atoms with Gasteiger partial charge in [-0.3, -0.25) is 0 Å². The summed E-state index contributed by atoms with van der Waals surface area (Å²) in [5.74, 6) is 0. The van der Waals surface area contributed by atoms with Gasteiger partial charge in [0.1, 0.15) is 0 Å². The topological polar surface area (TPSA) is 78.4 Å². The van der Waals surface area contributed by atoms with Crippen molar-refractivity contribution in [2.75, 3.05) is 0 Å². The first-order valence-electron chi connectivity index (χ1n) is 6.09. The van der Waals surface area contributed by atoms with Gasteiger partial charge in [-0.05, 0) is 0 Å². The van der Waals surface area contributed by atoms with Crippen LogP contribution < -0.4 is 18.4 Å². The second kappa shape index (κ2) is 5.83. The van der Waals surface area contributed by atoms with Gasteiger partial charge in [-0.1, -0.05) is 0 Å². The van der Waals surface area contributed by atoms with Gasteiger partial charge < -0.3 is 0 Å². The molecule has 1 atom stereocenters. The molecule has 0 bridgehead atoms. The summed E-state index contributed by atoms with van der Waals surface area (Å²) >= 11 is -2.41. The minimum absolute atomic E-state index is 0.765. The number of hydrogen-bond acceptors (Lipinski definition) is 4. The third-order valence-corrected chi connectivity index (χ3v) is 8.21. The van der Waals surface area contributed by atoms with E-state index in [1.54, 1.807) is 0 Å². The number of hydrogen-bond donors (Lipinski definition) is 0. The van der Waals surface area contributed by atoms with Crippen LogP contribution in [0, 0.1) is 10.2 Å². The van der Waals surface area contributed by atoms with E-state index in [1.807, 2.05) is 66.7 Å². The van der Waals surface area contributed by atoms with Gasteiger partial charge in [0, 0.05) is 0 Å². The predicted molar refractivity (Wildman–Crippen MR) is 72.5 cm³/mol. The van der Waals surface area contributed by atoms with Crippen molar-refractivity contribution in [1.82, 2.24) is 0 Å². The molecule has 6 heteroatoms. The van der Waals surface area contributed by atoms with Crippen molar-refractivity contribution in [3.8, 4) is 0 Å². The van der Waals surface area contributed by atoms with Gasteiger partial charge in [-0.25, -0.2) is 0 Å². The molecule has 0 saturated heterocycles. The van der Waals surface area contributed by atoms with Crippen LogP contribution in [0.25, 0.3) is 6.08 Å². The Labute approximate surface area is 128 Å². The van der Waals surface area contributed by atoms with Crippen LogP contribution in [-0.4, -0.2) is 18.2 Å². The maximum atomic E-state index is 11.1. The van der Waals surface area contributed by atoms with Gasteiger partial charge in [0.15, 0.2) is 0 Å². The van der Waals surface area contributed by atoms with Gasteiger partial charge in [0.25, 0.3) is 0 Å². The Hall–Kier alpha value is -1.30. The van der Waals surface area contributed by atoms with Crippen molar-refractivity contribution in [1.29, 1.82) is 0 Å². The zero-order valence-electron chi connectivity index (χ0n) is 10.8. The standard InChI is InChI=1S/C15H11ClO4Se/c17-16(18,19)20-21-14-9-5-4-8-13(14)10-11-15(21)12-6-2-1-3-7-12/h1-11H. The van der Waals surface area contributed by atoms with Crippen molar-refractivity contribution in [3.05, 3.63) is 71.8 Å². The van der Waals surface area contributed by atoms with Gasteiger partial charge in [-0.2, -0.15) is 0 Å². The third-order valence-electron chi connectivity index (χ3n) is 2.93. The molecule has 0 N–H and O–H groups in total. The molecule has 0 fully saturated rings. The first-order valence-corrected chi connectivity index (χ1v) is 9.74. The summed E-state index contributed by atoms with van der Waals surface area (Å²) in [5.41, 5.74) is 1.76. The quantitative estimate of drug-likeness (QED) is 0.625. The number of allylic oxidation sites excluding steroid dienone is 1. The Morgan fingerprint density at radius 2 is 1.48 bits per heavy atom. The maximum absolute atomic E-state index is 11.1. The zero-order chi connectivity index (χ0) is 14.9. The summed E-state index contributed by atoms with van der Waals surface area (Å²) in [6.07, 6.45) is 3.75. The summed E-state index contributed by atoms with van der Waals surface area (Å²) < 4.78 is 39.7. The Balaban J connectivity index is 2.19. The van der Waals surface area contributed by atoms with E-state index in [2.05, 4.69) is 0 Å². The van der Waals surface area contributed by atoms with Crippen molar-refractivity contribution in [2.24, 2.45) is 0 Å². The van der Waals surface area contributed by atoms with Gasteiger partial charge in [-0.15, -0.1) is 0 Å². The van der Waals surface area contributed by atoms with Crippen molar-refractivity contribution in [3.63, 3.8) is 0 Å². The van der Waals surface area contributed by atoms with Crippen molar-refractivity contribution >= 4 is 28.7 Å². The summed E-state index contributed by atoms with van der Waals surface area (Å²) in [7, 11) is -4.47. The number of fused-ring (bicyclic) bond motifs is 1. The fourth-order valence-corrected chi connectivity index (χ4v) is 6.99. The van der Waals surface area contributed by atoms with E-state index in [0.29, 0.717) is 0 Å². The van der Waals surface area contributed by atoms with Gasteiger partial charge in [0.05, 0.1) is 0 Å². The van der Waals surface area contributed by atoms with Crippen LogP contribution in [0.2, 0.25) is 0 Å². The van der Waals surface area contributed by atoms with Crippen molar-refractivity contribution < 1.29 is 27.6 Å². The molecule has 0 amide bonds. The van der Waals surface area contributed by atoms with Gasteiger partial charge >= 0.3 is 128 Å². The monoisotopic (exact) mass is 370 g/mol. The van der Waals surface area contributed by atoms with E-state index in [0.717, 1.165) is 20.0 Å². The molecule has 21 heavy (non-hydrogen) atoms. The molecule has 0 saturated carbocycles. The normalized spacial score (nSPS) is 17.7. The second-order valence-corrected chi connectivity index (χ2v) is 8.96. The van der Waals surface area contributed by atoms with Crippen LogP contribution in [-0.2, 0) is 3.37 Å². The van der Waals surface area contributed by atoms with Crippen molar-refractivity contribution in [2.45, 2.75) is 0 Å². The third kappa shape index (κ3) is 3.31. The molecule has 108 valence electrons. The summed E-state index contributed by atoms with van der Waals surface area (Å²) in [6.45, 7) is 0. The zero-order valence-corrected chi connectivity index (χ0v) is 13.2. The molecule has 0 aromatic heterocycles. The molecule has 2 aromatic carbocycles. The molecule has 2 aromatic rings. The van der Waals surface area contributed by atoms with Crippen LogP contribution in [0.5, 0.6) is 0 Å². The molecular formula is C15H11ClO4Se. The molecule has 0 radical (unpaired) electrons. The molecule has 0 spiro atoms. The Morgan fingerprint density at radius 1 is 0.810 bits per heavy atom. The molecule has 1 aliphatic heterocycles. The van der Waals surface area contributed by atoms with Crippen LogP contribution in [0.15, 0.2) is 60.7 Å². The molecule has 1 aliphatic rings. The minimum atomic E-state index is -4.47. The number of benzene rings is 2. The molecule has 1 heterocycles. The van der Waals surface area contributed by atoms with Crippen LogP contribution in [0.1, 0.15) is 11.1 Å². The SMILES string of the molecule is [O-][Cl+3]([O-])([O-])O[Se]1=C(c2ccccc2)C=Cc2ccccc21. The fourth-order valence-electron chi connectivity index (χ4n) is 2.08. The van der Waals surface area contributed by atoms with E-state index < -0.39 is 24.0 Å². The Kier molecular flexibility index (Phi) is 4.06. The molecular weight excluding hydrogens is 359 g/mol. The van der Waals surface area contributed by atoms with Gasteiger partial charge in [0.2, 0.25) is 0 Å². The molecule has 3 rings (SSSR count). The number of rotatable bonds is 3. The Bertz CT molecular complexity index is 720. The summed E-state index contributed by atoms with van der Waals surface area (Å²) in [6, 6.07) is 16.7. The van der Waals surface area contributed by atoms with Crippen LogP contribution in [0.3, 0.4) is 0 Å². The van der Waals surface area contributed by atoms with Crippen LogP contribution >= 0.6 is 0 Å². The van der Waals surface area contributed by atoms with Crippen LogP contribution in [0.4, 0.5) is 0 Å². The molecule has 0 aliphatic carbocycles. The van der Waals surface area contributed by atoms with E-state index in [4.69, 9.17) is 3.37 Å². The summed E-state index contributed by atoms with van der Waals surface area (Å²) in [5, 5.41) is 0. The first-order chi connectivity index (χ1) is 10.0. The number of halogens is 1. The van der Waals surface area contributed by atoms with E-state index in [-0.39, 0.29) is 0 Å². The second-order valence-electron chi connectivity index (χ2n) is 4.31. The first kappa shape index (κ1) is 14.6. The van der Waals surface area contributed by atoms with E-state index in [1.165, 1.54) is 0 Å². The average molecular weight is 370 g/mol. The fraction of sp³-hybridized carbons (Fsp3) is 0. The predicted octanol–water partition coefficient (Wildman–Crippen LogP) is -1.37. The molecule has 1 unspecified atom stereocenters. The summed E-state index contributed by atoms with van der Waals surface area (Å²) in [4.78, 5) is 0. The van der Waals surface area contributed by atoms with E-state index >= 15 is 0 Å². The Morgan fingerprint density at radius 3 is 2.19 bits per heavy atom. The van der Waals surface area contributed by atoms with E-state index in [9.17, 15) is 14.0 Å². The average Bonchev–Trinajstić information content (AvgIpc) is 2.47.